The second kappa shape index (κ2) is 9.49. The van der Waals surface area contributed by atoms with Crippen LogP contribution >= 0.6 is 11.3 Å². The molecule has 0 bridgehead atoms. The molecule has 144 valence electrons. The van der Waals surface area contributed by atoms with E-state index >= 15 is 0 Å². The average molecular weight is 398 g/mol. The quantitative estimate of drug-likeness (QED) is 0.225. The Labute approximate surface area is 177 Å². The zero-order valence-electron chi connectivity index (χ0n) is 16.7. The molecule has 0 aliphatic heterocycles. The zero-order valence-corrected chi connectivity index (χ0v) is 17.5. The van der Waals surface area contributed by atoms with Crippen molar-refractivity contribution in [1.29, 1.82) is 0 Å². The maximum Gasteiger partial charge on any atom is 0.246 e. The highest BCUT2D eigenvalue weighted by atomic mass is 32.1. The average Bonchev–Trinajstić information content (AvgIpc) is 2.80. The number of benzene rings is 3. The minimum Gasteiger partial charge on any atom is -0.494 e. The zero-order chi connectivity index (χ0) is 19.9. The molecule has 0 fully saturated rings. The molecule has 2 heteroatoms. The van der Waals surface area contributed by atoms with E-state index in [1.807, 2.05) is 0 Å². The van der Waals surface area contributed by atoms with Crippen LogP contribution in [0.15, 0.2) is 96.4 Å². The number of hydrogen-bond acceptors (Lipinski definition) is 1. The van der Waals surface area contributed by atoms with Crippen LogP contribution in [-0.4, -0.2) is 6.61 Å². The van der Waals surface area contributed by atoms with Gasteiger partial charge in [-0.05, 0) is 41.8 Å². The van der Waals surface area contributed by atoms with Crippen LogP contribution in [0.3, 0.4) is 0 Å². The van der Waals surface area contributed by atoms with Gasteiger partial charge in [0.25, 0.3) is 0 Å². The lowest BCUT2D eigenvalue weighted by molar-refractivity contribution is 0.309. The largest absolute Gasteiger partial charge is 0.494 e. The number of rotatable bonds is 7. The van der Waals surface area contributed by atoms with Crippen molar-refractivity contribution in [3.8, 4) is 38.4 Å². The van der Waals surface area contributed by atoms with Gasteiger partial charge in [0.15, 0.2) is 5.38 Å². The van der Waals surface area contributed by atoms with Gasteiger partial charge in [0, 0.05) is 17.2 Å². The molecule has 0 N–H and O–H groups in total. The molecule has 0 saturated heterocycles. The van der Waals surface area contributed by atoms with Gasteiger partial charge in [0.2, 0.25) is 16.2 Å². The molecule has 4 aromatic rings. The molecule has 0 aliphatic rings. The van der Waals surface area contributed by atoms with E-state index in [1.54, 1.807) is 11.3 Å². The van der Waals surface area contributed by atoms with Crippen LogP contribution in [0.2, 0.25) is 0 Å². The molecule has 29 heavy (non-hydrogen) atoms. The monoisotopic (exact) mass is 397 g/mol. The molecule has 1 aromatic heterocycles. The molecule has 1 heterocycles. The number of hydrogen-bond donors (Lipinski definition) is 0. The lowest BCUT2D eigenvalue weighted by Crippen LogP contribution is -1.96. The first kappa shape index (κ1) is 19.4. The van der Waals surface area contributed by atoms with Crippen LogP contribution in [0.25, 0.3) is 32.7 Å². The first-order valence-corrected chi connectivity index (χ1v) is 11.0. The molecule has 0 atom stereocenters. The molecule has 0 unspecified atom stereocenters. The van der Waals surface area contributed by atoms with Crippen LogP contribution in [0.1, 0.15) is 19.8 Å². The smallest absolute Gasteiger partial charge is 0.246 e. The third-order valence-corrected chi connectivity index (χ3v) is 5.90. The van der Waals surface area contributed by atoms with Gasteiger partial charge in [0.1, 0.15) is 5.75 Å². The minimum atomic E-state index is 0.774. The highest BCUT2D eigenvalue weighted by Gasteiger charge is 2.22. The van der Waals surface area contributed by atoms with Crippen LogP contribution in [0.5, 0.6) is 5.75 Å². The van der Waals surface area contributed by atoms with Crippen molar-refractivity contribution < 1.29 is 4.74 Å². The van der Waals surface area contributed by atoms with Crippen molar-refractivity contribution in [3.05, 3.63) is 96.4 Å². The number of unbranched alkanes of at least 4 members (excludes halogenated alkanes) is 1. The third kappa shape index (κ3) is 4.55. The molecule has 3 aromatic carbocycles. The summed E-state index contributed by atoms with van der Waals surface area (Å²) >= 11 is 1.79. The summed E-state index contributed by atoms with van der Waals surface area (Å²) in [5.41, 5.74) is 6.22. The lowest BCUT2D eigenvalue weighted by atomic mass is 9.93. The first-order valence-electron chi connectivity index (χ1n) is 10.2. The Bertz CT molecular complexity index is 1040. The Hall–Kier alpha value is -2.97. The van der Waals surface area contributed by atoms with Gasteiger partial charge in [0.05, 0.1) is 12.2 Å². The van der Waals surface area contributed by atoms with E-state index in [9.17, 15) is 0 Å². The highest BCUT2D eigenvalue weighted by molar-refractivity contribution is 7.13. The summed E-state index contributed by atoms with van der Waals surface area (Å²) < 4.78 is 5.85. The third-order valence-electron chi connectivity index (χ3n) is 4.95. The molecular formula is C27H25OS+. The minimum absolute atomic E-state index is 0.774. The second-order valence-electron chi connectivity index (χ2n) is 7.00. The number of ether oxygens (including phenoxy) is 1. The Morgan fingerprint density at radius 2 is 1.34 bits per heavy atom. The lowest BCUT2D eigenvalue weighted by Gasteiger charge is -2.11. The summed E-state index contributed by atoms with van der Waals surface area (Å²) in [6, 6.07) is 32.1. The van der Waals surface area contributed by atoms with E-state index in [4.69, 9.17) is 4.74 Å². The van der Waals surface area contributed by atoms with Gasteiger partial charge in [-0.15, -0.1) is 0 Å². The van der Waals surface area contributed by atoms with E-state index in [-0.39, 0.29) is 0 Å². The van der Waals surface area contributed by atoms with Gasteiger partial charge in [-0.1, -0.05) is 74.0 Å². The SMILES string of the molecule is CCCCOc1ccc(-c2cc[s+]c(-c3ccccc3)c2-c2ccccc2)cc1. The molecule has 0 radical (unpaired) electrons. The topological polar surface area (TPSA) is 9.23 Å². The van der Waals surface area contributed by atoms with E-state index in [0.29, 0.717) is 0 Å². The van der Waals surface area contributed by atoms with Crippen molar-refractivity contribution in [2.45, 2.75) is 19.8 Å². The second-order valence-corrected chi connectivity index (χ2v) is 7.91. The fourth-order valence-corrected chi connectivity index (χ4v) is 4.39. The van der Waals surface area contributed by atoms with Gasteiger partial charge >= 0.3 is 0 Å². The van der Waals surface area contributed by atoms with Crippen molar-refractivity contribution in [3.63, 3.8) is 0 Å². The molecule has 0 aliphatic carbocycles. The van der Waals surface area contributed by atoms with Gasteiger partial charge in [-0.25, -0.2) is 0 Å². The maximum atomic E-state index is 5.85. The maximum absolute atomic E-state index is 5.85. The summed E-state index contributed by atoms with van der Waals surface area (Å²) in [4.78, 5) is 1.29. The first-order chi connectivity index (χ1) is 14.4. The summed E-state index contributed by atoms with van der Waals surface area (Å²) in [5, 5.41) is 2.19. The normalized spacial score (nSPS) is 10.7. The molecular weight excluding hydrogens is 372 g/mol. The summed E-state index contributed by atoms with van der Waals surface area (Å²) in [6.07, 6.45) is 2.23. The van der Waals surface area contributed by atoms with Crippen molar-refractivity contribution in [1.82, 2.24) is 0 Å². The Kier molecular flexibility index (Phi) is 6.33. The van der Waals surface area contributed by atoms with Crippen LogP contribution in [0.4, 0.5) is 0 Å². The van der Waals surface area contributed by atoms with Crippen LogP contribution < -0.4 is 4.74 Å². The van der Waals surface area contributed by atoms with Crippen molar-refractivity contribution >= 4 is 11.3 Å². The summed E-state index contributed by atoms with van der Waals surface area (Å²) in [5.74, 6) is 0.936. The standard InChI is InChI=1S/C27H25OS/c1-2-3-19-28-24-16-14-21(15-17-24)25-18-20-29-27(23-12-8-5-9-13-23)26(25)22-10-6-4-7-11-22/h4-18,20H,2-3,19H2,1H3/q+1. The van der Waals surface area contributed by atoms with Crippen molar-refractivity contribution in [2.24, 2.45) is 0 Å². The fourth-order valence-electron chi connectivity index (χ4n) is 3.43. The predicted octanol–water partition coefficient (Wildman–Crippen LogP) is 8.21. The Morgan fingerprint density at radius 3 is 2.00 bits per heavy atom. The summed E-state index contributed by atoms with van der Waals surface area (Å²) in [6.45, 7) is 2.95. The van der Waals surface area contributed by atoms with Gasteiger partial charge < -0.3 is 4.74 Å². The van der Waals surface area contributed by atoms with Crippen LogP contribution in [0, 0.1) is 0 Å². The molecule has 0 saturated carbocycles. The summed E-state index contributed by atoms with van der Waals surface area (Å²) in [7, 11) is 0. The van der Waals surface area contributed by atoms with Crippen LogP contribution in [-0.2, 0) is 0 Å². The fraction of sp³-hybridized carbons (Fsp3) is 0.148. The van der Waals surface area contributed by atoms with Gasteiger partial charge in [-0.3, -0.25) is 0 Å². The Morgan fingerprint density at radius 1 is 0.690 bits per heavy atom. The van der Waals surface area contributed by atoms with Crippen molar-refractivity contribution in [2.75, 3.05) is 6.61 Å². The van der Waals surface area contributed by atoms with E-state index in [2.05, 4.69) is 103 Å². The van der Waals surface area contributed by atoms with E-state index < -0.39 is 0 Å². The molecule has 1 nitrogen and oxygen atoms in total. The molecule has 0 amide bonds. The van der Waals surface area contributed by atoms with E-state index in [1.165, 1.54) is 32.7 Å². The van der Waals surface area contributed by atoms with Gasteiger partial charge in [-0.2, -0.15) is 0 Å². The molecule has 4 rings (SSSR count). The highest BCUT2D eigenvalue weighted by Crippen LogP contribution is 2.42. The van der Waals surface area contributed by atoms with E-state index in [0.717, 1.165) is 25.2 Å². The predicted molar refractivity (Wildman–Crippen MR) is 125 cm³/mol. The molecule has 0 spiro atoms. The Balaban J connectivity index is 1.79.